The highest BCUT2D eigenvalue weighted by Gasteiger charge is 2.60. The molecule has 1 aliphatic heterocycles. The van der Waals surface area contributed by atoms with Crippen molar-refractivity contribution in [2.45, 2.75) is 57.5 Å². The molecule has 1 N–H and O–H groups in total. The molecule has 0 bridgehead atoms. The Bertz CT molecular complexity index is 1450. The maximum Gasteiger partial charge on any atom is 0.405 e. The van der Waals surface area contributed by atoms with Gasteiger partial charge in [0.2, 0.25) is 0 Å². The molecule has 0 amide bonds. The Balaban J connectivity index is 1.68. The maximum absolute atomic E-state index is 13.9. The molecule has 1 heterocycles. The maximum atomic E-state index is 13.9. The highest BCUT2D eigenvalue weighted by molar-refractivity contribution is 7.97. The number of rotatable bonds is 8. The fraction of sp³-hybridized carbons (Fsp3) is 0.333. The van der Waals surface area contributed by atoms with Crippen LogP contribution in [0.2, 0.25) is 0 Å². The minimum atomic E-state index is -5.71. The molecule has 0 aliphatic carbocycles. The van der Waals surface area contributed by atoms with Crippen molar-refractivity contribution in [2.75, 3.05) is 13.2 Å². The standard InChI is InChI=1S/C27H24F6O6S2/c1-18(27(32,33)41(34,35)36)39-20-11-13-22(14-12-20)40(21-8-4-3-5-9-21)23-10-6-7-19(15-23)24(2)37-16-25(28,29)26(30,31)17-38-24/h3-15,18H,16-17H2,1-2H3/p+1. The van der Waals surface area contributed by atoms with Crippen molar-refractivity contribution in [1.82, 2.24) is 0 Å². The van der Waals surface area contributed by atoms with Crippen LogP contribution in [0, 0.1) is 0 Å². The lowest BCUT2D eigenvalue weighted by molar-refractivity contribution is -0.233. The SMILES string of the molecule is CC(Oc1ccc([S+](c2ccccc2)c2cccc(C3(C)OCC(F)(F)C(F)(F)CO3)c2)cc1)C(F)(F)S(=O)(=O)O. The van der Waals surface area contributed by atoms with E-state index in [0.717, 1.165) is 11.8 Å². The second-order valence-electron chi connectivity index (χ2n) is 9.35. The molecule has 14 heteroatoms. The summed E-state index contributed by atoms with van der Waals surface area (Å²) in [5.41, 5.74) is 0.221. The summed E-state index contributed by atoms with van der Waals surface area (Å²) in [4.78, 5) is 2.08. The van der Waals surface area contributed by atoms with E-state index < -0.39 is 63.2 Å². The van der Waals surface area contributed by atoms with Crippen molar-refractivity contribution >= 4 is 21.0 Å². The summed E-state index contributed by atoms with van der Waals surface area (Å²) in [5, 5.41) is -4.55. The van der Waals surface area contributed by atoms with Crippen molar-refractivity contribution in [1.29, 1.82) is 0 Å². The van der Waals surface area contributed by atoms with Gasteiger partial charge in [-0.1, -0.05) is 30.3 Å². The summed E-state index contributed by atoms with van der Waals surface area (Å²) in [6.07, 6.45) is -2.20. The van der Waals surface area contributed by atoms with Crippen LogP contribution in [0.25, 0.3) is 0 Å². The zero-order valence-corrected chi connectivity index (χ0v) is 23.2. The Morgan fingerprint density at radius 1 is 0.854 bits per heavy atom. The minimum absolute atomic E-state index is 0.0930. The van der Waals surface area contributed by atoms with Crippen LogP contribution in [0.4, 0.5) is 26.3 Å². The molecule has 0 saturated carbocycles. The van der Waals surface area contributed by atoms with Gasteiger partial charge in [-0.3, -0.25) is 4.55 Å². The van der Waals surface area contributed by atoms with E-state index in [1.54, 1.807) is 48.5 Å². The summed E-state index contributed by atoms with van der Waals surface area (Å²) < 4.78 is 130. The molecule has 1 aliphatic rings. The summed E-state index contributed by atoms with van der Waals surface area (Å²) in [6, 6.07) is 21.3. The predicted molar refractivity (Wildman–Crippen MR) is 137 cm³/mol. The third-order valence-corrected chi connectivity index (χ3v) is 9.59. The first-order valence-electron chi connectivity index (χ1n) is 12.0. The molecule has 3 aromatic rings. The molecular weight excluding hydrogens is 598 g/mol. The Morgan fingerprint density at radius 3 is 1.90 bits per heavy atom. The van der Waals surface area contributed by atoms with Crippen LogP contribution in [0.15, 0.2) is 93.5 Å². The number of ether oxygens (including phenoxy) is 3. The van der Waals surface area contributed by atoms with Crippen molar-refractivity contribution in [3.05, 3.63) is 84.4 Å². The van der Waals surface area contributed by atoms with Crippen LogP contribution in [0.3, 0.4) is 0 Å². The van der Waals surface area contributed by atoms with Gasteiger partial charge in [0.05, 0.1) is 10.9 Å². The Kier molecular flexibility index (Phi) is 8.46. The van der Waals surface area contributed by atoms with E-state index >= 15 is 0 Å². The first-order valence-corrected chi connectivity index (χ1v) is 14.7. The van der Waals surface area contributed by atoms with Gasteiger partial charge in [0.15, 0.2) is 26.6 Å². The van der Waals surface area contributed by atoms with Crippen molar-refractivity contribution in [3.8, 4) is 5.75 Å². The molecule has 1 fully saturated rings. The number of halogens is 6. The molecule has 0 aromatic heterocycles. The van der Waals surface area contributed by atoms with E-state index in [2.05, 4.69) is 0 Å². The van der Waals surface area contributed by atoms with E-state index in [4.69, 9.17) is 18.8 Å². The van der Waals surface area contributed by atoms with Gasteiger partial charge in [0.25, 0.3) is 0 Å². The molecule has 0 radical (unpaired) electrons. The normalized spacial score (nSPS) is 20.0. The second kappa shape index (κ2) is 11.1. The molecular formula is C27H25F6O6S2+. The molecule has 4 rings (SSSR count). The quantitative estimate of drug-likeness (QED) is 0.175. The summed E-state index contributed by atoms with van der Waals surface area (Å²) in [7, 11) is -6.59. The molecule has 1 saturated heterocycles. The van der Waals surface area contributed by atoms with Gasteiger partial charge >= 0.3 is 27.2 Å². The molecule has 3 aromatic carbocycles. The summed E-state index contributed by atoms with van der Waals surface area (Å²) in [5.74, 6) is -10.9. The van der Waals surface area contributed by atoms with Gasteiger partial charge < -0.3 is 14.2 Å². The van der Waals surface area contributed by atoms with Crippen LogP contribution in [-0.4, -0.2) is 49.4 Å². The van der Waals surface area contributed by atoms with Gasteiger partial charge in [-0.2, -0.15) is 34.8 Å². The monoisotopic (exact) mass is 623 g/mol. The fourth-order valence-corrected chi connectivity index (χ4v) is 6.46. The number of benzene rings is 3. The fourth-order valence-electron chi connectivity index (χ4n) is 3.88. The lowest BCUT2D eigenvalue weighted by Crippen LogP contribution is -2.45. The Hall–Kier alpha value is -2.78. The third-order valence-electron chi connectivity index (χ3n) is 6.36. The average Bonchev–Trinajstić information content (AvgIpc) is 3.00. The van der Waals surface area contributed by atoms with Gasteiger partial charge in [0.1, 0.15) is 19.0 Å². The highest BCUT2D eigenvalue weighted by Crippen LogP contribution is 2.43. The van der Waals surface area contributed by atoms with Gasteiger partial charge in [-0.05, 0) is 56.3 Å². The van der Waals surface area contributed by atoms with Crippen molar-refractivity contribution < 1.29 is 53.5 Å². The number of hydrogen-bond acceptors (Lipinski definition) is 5. The molecule has 2 unspecified atom stereocenters. The van der Waals surface area contributed by atoms with Crippen LogP contribution >= 0.6 is 0 Å². The minimum Gasteiger partial charge on any atom is -0.483 e. The Morgan fingerprint density at radius 2 is 1.37 bits per heavy atom. The van der Waals surface area contributed by atoms with E-state index in [1.807, 2.05) is 12.1 Å². The Labute approximate surface area is 235 Å². The van der Waals surface area contributed by atoms with E-state index in [9.17, 15) is 34.8 Å². The zero-order chi connectivity index (χ0) is 30.3. The average molecular weight is 624 g/mol. The molecule has 6 nitrogen and oxygen atoms in total. The van der Waals surface area contributed by atoms with E-state index in [-0.39, 0.29) is 11.3 Å². The van der Waals surface area contributed by atoms with Crippen LogP contribution in [0.5, 0.6) is 5.75 Å². The van der Waals surface area contributed by atoms with Gasteiger partial charge in [-0.25, -0.2) is 0 Å². The lowest BCUT2D eigenvalue weighted by Gasteiger charge is -2.28. The highest BCUT2D eigenvalue weighted by atomic mass is 32.2. The number of hydrogen-bond donors (Lipinski definition) is 1. The second-order valence-corrected chi connectivity index (χ2v) is 12.9. The predicted octanol–water partition coefficient (Wildman–Crippen LogP) is 6.52. The van der Waals surface area contributed by atoms with Crippen molar-refractivity contribution in [2.24, 2.45) is 0 Å². The van der Waals surface area contributed by atoms with Crippen LogP contribution in [-0.2, 0) is 36.3 Å². The number of alkyl halides is 6. The first-order chi connectivity index (χ1) is 19.0. The van der Waals surface area contributed by atoms with Gasteiger partial charge in [0, 0.05) is 11.6 Å². The zero-order valence-electron chi connectivity index (χ0n) is 21.6. The largest absolute Gasteiger partial charge is 0.483 e. The summed E-state index contributed by atoms with van der Waals surface area (Å²) >= 11 is 0. The molecule has 0 spiro atoms. The van der Waals surface area contributed by atoms with E-state index in [1.165, 1.54) is 25.1 Å². The van der Waals surface area contributed by atoms with E-state index in [0.29, 0.717) is 9.79 Å². The molecule has 2 atom stereocenters. The van der Waals surface area contributed by atoms with Crippen molar-refractivity contribution in [3.63, 3.8) is 0 Å². The summed E-state index contributed by atoms with van der Waals surface area (Å²) in [6.45, 7) is -1.03. The third kappa shape index (κ3) is 6.36. The van der Waals surface area contributed by atoms with Crippen LogP contribution < -0.4 is 4.74 Å². The molecule has 222 valence electrons. The lowest BCUT2D eigenvalue weighted by atomic mass is 10.1. The molecule has 41 heavy (non-hydrogen) atoms. The van der Waals surface area contributed by atoms with Crippen LogP contribution in [0.1, 0.15) is 19.4 Å². The van der Waals surface area contributed by atoms with Gasteiger partial charge in [-0.15, -0.1) is 0 Å². The topological polar surface area (TPSA) is 82.1 Å². The smallest absolute Gasteiger partial charge is 0.405 e. The first kappa shape index (κ1) is 31.2.